The summed E-state index contributed by atoms with van der Waals surface area (Å²) in [6.45, 7) is -0.139. The maximum Gasteiger partial charge on any atom is 0.217 e. The summed E-state index contributed by atoms with van der Waals surface area (Å²) in [6.07, 6.45) is -32.6. The largest absolute Gasteiger partial charge is 0.394 e. The van der Waals surface area contributed by atoms with Crippen LogP contribution < -0.4 is 27.0 Å². The van der Waals surface area contributed by atoms with E-state index in [1.165, 1.54) is 0 Å². The summed E-state index contributed by atoms with van der Waals surface area (Å²) in [5.41, 5.74) is 6.00. The fourth-order valence-electron chi connectivity index (χ4n) is 7.88. The second kappa shape index (κ2) is 25.9. The first-order chi connectivity index (χ1) is 31.9. The van der Waals surface area contributed by atoms with Gasteiger partial charge in [-0.3, -0.25) is 19.2 Å². The van der Waals surface area contributed by atoms with Gasteiger partial charge in [0.15, 0.2) is 25.2 Å². The molecule has 30 nitrogen and oxygen atoms in total. The lowest BCUT2D eigenvalue weighted by molar-refractivity contribution is -0.322. The van der Waals surface area contributed by atoms with Gasteiger partial charge in [0, 0.05) is 27.7 Å². The quantitative estimate of drug-likeness (QED) is 0.0508. The van der Waals surface area contributed by atoms with Crippen molar-refractivity contribution in [2.24, 2.45) is 5.73 Å². The second-order valence-electron chi connectivity index (χ2n) is 16.9. The topological polar surface area (TPSA) is 479 Å². The molecule has 0 unspecified atom stereocenters. The molecule has 4 saturated heterocycles. The fourth-order valence-corrected chi connectivity index (χ4v) is 7.88. The van der Waals surface area contributed by atoms with Crippen LogP contribution in [0.25, 0.3) is 0 Å². The summed E-state index contributed by atoms with van der Waals surface area (Å²) in [5, 5.41) is 147. The molecule has 30 heteroatoms. The predicted molar refractivity (Wildman–Crippen MR) is 217 cm³/mol. The van der Waals surface area contributed by atoms with Crippen LogP contribution in [0.4, 0.5) is 0 Å². The second-order valence-corrected chi connectivity index (χ2v) is 16.9. The van der Waals surface area contributed by atoms with Crippen LogP contribution >= 0.6 is 0 Å². The van der Waals surface area contributed by atoms with Crippen molar-refractivity contribution < 1.29 is 123 Å². The van der Waals surface area contributed by atoms with E-state index in [-0.39, 0.29) is 0 Å². The summed E-state index contributed by atoms with van der Waals surface area (Å²) in [5.74, 6) is -2.74. The Kier molecular flexibility index (Phi) is 21.9. The number of aliphatic hydroxyl groups excluding tert-OH is 13. The van der Waals surface area contributed by atoms with Crippen molar-refractivity contribution in [3.63, 3.8) is 0 Å². The van der Waals surface area contributed by atoms with Gasteiger partial charge in [-0.1, -0.05) is 0 Å². The normalized spacial score (nSPS) is 40.6. The van der Waals surface area contributed by atoms with E-state index in [2.05, 4.69) is 21.3 Å². The molecular formula is C38H67N5O25. The van der Waals surface area contributed by atoms with Gasteiger partial charge in [-0.15, -0.1) is 0 Å². The van der Waals surface area contributed by atoms with Crippen molar-refractivity contribution in [2.45, 2.75) is 175 Å². The van der Waals surface area contributed by atoms with Gasteiger partial charge in [0.2, 0.25) is 23.6 Å². The van der Waals surface area contributed by atoms with Crippen LogP contribution in [0.2, 0.25) is 0 Å². The molecule has 0 aliphatic carbocycles. The zero-order valence-electron chi connectivity index (χ0n) is 37.4. The van der Waals surface area contributed by atoms with E-state index in [0.29, 0.717) is 0 Å². The van der Waals surface area contributed by atoms with E-state index in [1.807, 2.05) is 0 Å². The molecule has 0 bridgehead atoms. The van der Waals surface area contributed by atoms with Crippen molar-refractivity contribution in [3.8, 4) is 0 Å². The Morgan fingerprint density at radius 3 is 1.21 bits per heavy atom. The van der Waals surface area contributed by atoms with Gasteiger partial charge in [0.25, 0.3) is 0 Å². The molecule has 24 atom stereocenters. The summed E-state index contributed by atoms with van der Waals surface area (Å²) in [7, 11) is 0. The van der Waals surface area contributed by atoms with Gasteiger partial charge < -0.3 is 131 Å². The SMILES string of the molecule is CC(=O)N[C@H]1[C@H](OC[C@H]2O[C@@H](OC[C@H]3O[C@@H](OC[C@H]4O[C@@H](OC[C@@H](O)[C@@H](O)[C@H](O)[C@H](CO)NC(C)=O)[C@H](N)[C@@H](O)[C@@H]4O)[C@H](NC(C)=O)[C@@H](O)[C@@H]3O)[C@H](NC(C)=O)[C@@H](O)[C@@H]2O)O[C@H](CO)[C@@H](O)[C@@H]1O. The molecule has 4 heterocycles. The molecular weight excluding hydrogens is 926 g/mol. The lowest BCUT2D eigenvalue weighted by atomic mass is 9.95. The van der Waals surface area contributed by atoms with Crippen LogP contribution in [0.3, 0.4) is 0 Å². The lowest BCUT2D eigenvalue weighted by Gasteiger charge is -2.46. The average molecular weight is 994 g/mol. The number of ether oxygens (including phenoxy) is 8. The molecule has 0 radical (unpaired) electrons. The zero-order chi connectivity index (χ0) is 50.9. The Morgan fingerprint density at radius 2 is 0.853 bits per heavy atom. The first-order valence-corrected chi connectivity index (χ1v) is 21.5. The van der Waals surface area contributed by atoms with E-state index < -0.39 is 210 Å². The minimum absolute atomic E-state index is 0.650. The number of hydrogen-bond acceptors (Lipinski definition) is 26. The van der Waals surface area contributed by atoms with E-state index in [0.717, 1.165) is 27.7 Å². The molecule has 0 aromatic rings. The Labute approximate surface area is 388 Å². The third-order valence-electron chi connectivity index (χ3n) is 11.6. The third-order valence-corrected chi connectivity index (χ3v) is 11.6. The highest BCUT2D eigenvalue weighted by atomic mass is 16.7. The molecule has 0 aromatic heterocycles. The van der Waals surface area contributed by atoms with Gasteiger partial charge in [-0.25, -0.2) is 0 Å². The van der Waals surface area contributed by atoms with Gasteiger partial charge >= 0.3 is 0 Å². The molecule has 0 spiro atoms. The van der Waals surface area contributed by atoms with Crippen LogP contribution in [0, 0.1) is 0 Å². The van der Waals surface area contributed by atoms with Crippen LogP contribution in [-0.4, -0.2) is 277 Å². The highest BCUT2D eigenvalue weighted by Gasteiger charge is 2.52. The molecule has 0 saturated carbocycles. The Balaban J connectivity index is 1.46. The number of carbonyl (C=O) groups excluding carboxylic acids is 4. The first-order valence-electron chi connectivity index (χ1n) is 21.5. The Morgan fingerprint density at radius 1 is 0.500 bits per heavy atom. The Hall–Kier alpha value is -3.00. The van der Waals surface area contributed by atoms with Crippen LogP contribution in [0.15, 0.2) is 0 Å². The van der Waals surface area contributed by atoms with Crippen LogP contribution in [0.5, 0.6) is 0 Å². The fraction of sp³-hybridized carbons (Fsp3) is 0.895. The smallest absolute Gasteiger partial charge is 0.217 e. The van der Waals surface area contributed by atoms with Gasteiger partial charge in [0.1, 0.15) is 110 Å². The molecule has 68 heavy (non-hydrogen) atoms. The maximum absolute atomic E-state index is 12.2. The molecule has 4 aliphatic rings. The number of nitrogens with one attached hydrogen (secondary N) is 4. The number of aliphatic hydroxyl groups is 13. The van der Waals surface area contributed by atoms with Gasteiger partial charge in [-0.05, 0) is 0 Å². The first kappa shape index (κ1) is 57.6. The lowest BCUT2D eigenvalue weighted by Crippen LogP contribution is -2.67. The minimum Gasteiger partial charge on any atom is -0.394 e. The van der Waals surface area contributed by atoms with E-state index in [9.17, 15) is 85.6 Å². The molecule has 0 aromatic carbocycles. The molecule has 394 valence electrons. The van der Waals surface area contributed by atoms with Crippen molar-refractivity contribution in [1.82, 2.24) is 21.3 Å². The van der Waals surface area contributed by atoms with Crippen LogP contribution in [-0.2, 0) is 57.1 Å². The number of carbonyl (C=O) groups is 4. The summed E-state index contributed by atoms with van der Waals surface area (Å²) in [4.78, 5) is 47.7. The van der Waals surface area contributed by atoms with Crippen molar-refractivity contribution >= 4 is 23.6 Å². The summed E-state index contributed by atoms with van der Waals surface area (Å²) >= 11 is 0. The van der Waals surface area contributed by atoms with Crippen molar-refractivity contribution in [3.05, 3.63) is 0 Å². The van der Waals surface area contributed by atoms with E-state index in [4.69, 9.17) is 43.6 Å². The monoisotopic (exact) mass is 993 g/mol. The number of rotatable bonds is 21. The third kappa shape index (κ3) is 14.6. The van der Waals surface area contributed by atoms with Gasteiger partial charge in [0.05, 0.1) is 51.7 Å². The standard InChI is InChI=1S/C38H67N5O25/c1-11(46)40-15(5-44)25(51)26(52)16(50)7-61-35-21(39)31(57)28(54)18(66-35)8-63-37-23(42-13(3)48)33(59)30(56)20(68-37)10-64-38-24(43-14(4)49)34(60)29(55)19(67-38)9-62-36-22(41-12(2)47)32(58)27(53)17(6-45)65-36/h15-38,44-45,50-60H,5-10,39H2,1-4H3,(H,40,46)(H,41,47)(H,42,48)(H,43,49)/t15-,16+,17+,18+,19+,20+,21+,22+,23+,24+,25+,26+,27+,28+,29+,30+,31+,32+,33+,34+,35+,36+,37+,38+/m0/s1. The molecule has 19 N–H and O–H groups in total. The summed E-state index contributed by atoms with van der Waals surface area (Å²) < 4.78 is 45.8. The minimum atomic E-state index is -1.99. The van der Waals surface area contributed by atoms with Crippen molar-refractivity contribution in [2.75, 3.05) is 39.6 Å². The maximum atomic E-state index is 12.2. The summed E-state index contributed by atoms with van der Waals surface area (Å²) in [6, 6.07) is -7.27. The number of hydrogen-bond donors (Lipinski definition) is 18. The highest BCUT2D eigenvalue weighted by Crippen LogP contribution is 2.30. The molecule has 4 aliphatic heterocycles. The average Bonchev–Trinajstić information content (AvgIpc) is 3.28. The van der Waals surface area contributed by atoms with E-state index >= 15 is 0 Å². The predicted octanol–water partition coefficient (Wildman–Crippen LogP) is -11.7. The molecule has 4 fully saturated rings. The van der Waals surface area contributed by atoms with Crippen LogP contribution in [0.1, 0.15) is 27.7 Å². The Bertz CT molecular complexity index is 1630. The number of amides is 4. The van der Waals surface area contributed by atoms with Gasteiger partial charge in [-0.2, -0.15) is 0 Å². The number of nitrogens with two attached hydrogens (primary N) is 1. The highest BCUT2D eigenvalue weighted by molar-refractivity contribution is 5.74. The van der Waals surface area contributed by atoms with E-state index in [1.54, 1.807) is 0 Å². The molecule has 4 amide bonds. The molecule has 4 rings (SSSR count). The van der Waals surface area contributed by atoms with Crippen molar-refractivity contribution in [1.29, 1.82) is 0 Å². The zero-order valence-corrected chi connectivity index (χ0v) is 37.4.